The number of aryl methyl sites for hydroxylation is 1. The van der Waals surface area contributed by atoms with Crippen molar-refractivity contribution in [3.05, 3.63) is 36.3 Å². The van der Waals surface area contributed by atoms with Crippen LogP contribution in [-0.4, -0.2) is 49.6 Å². The number of piperidine rings is 1. The smallest absolute Gasteiger partial charge is 0.132 e. The van der Waals surface area contributed by atoms with E-state index in [2.05, 4.69) is 48.5 Å². The van der Waals surface area contributed by atoms with Gasteiger partial charge < -0.3 is 9.47 Å². The highest BCUT2D eigenvalue weighted by atomic mass is 15.3. The second-order valence-electron chi connectivity index (χ2n) is 8.15. The molecule has 2 aromatic rings. The minimum Gasteiger partial charge on any atom is -0.350 e. The molecule has 0 unspecified atom stereocenters. The van der Waals surface area contributed by atoms with E-state index < -0.39 is 0 Å². The molecular weight excluding hydrogens is 324 g/mol. The van der Waals surface area contributed by atoms with E-state index in [4.69, 9.17) is 0 Å². The molecule has 2 aliphatic carbocycles. The quantitative estimate of drug-likeness (QED) is 0.800. The van der Waals surface area contributed by atoms with Gasteiger partial charge in [-0.15, -0.1) is 0 Å². The molecule has 2 saturated carbocycles. The number of likely N-dealkylation sites (tertiary alicyclic amines) is 1. The van der Waals surface area contributed by atoms with E-state index in [0.717, 1.165) is 37.2 Å². The van der Waals surface area contributed by atoms with Crippen LogP contribution in [0.15, 0.2) is 24.8 Å². The molecule has 0 radical (unpaired) electrons. The summed E-state index contributed by atoms with van der Waals surface area (Å²) in [4.78, 5) is 18.6. The van der Waals surface area contributed by atoms with Gasteiger partial charge in [0.2, 0.25) is 0 Å². The van der Waals surface area contributed by atoms with E-state index in [1.165, 1.54) is 44.3 Å². The van der Waals surface area contributed by atoms with Crippen molar-refractivity contribution < 1.29 is 0 Å². The average molecular weight is 352 g/mol. The van der Waals surface area contributed by atoms with Crippen molar-refractivity contribution in [1.29, 1.82) is 0 Å². The molecule has 0 amide bonds. The molecule has 1 aliphatic heterocycles. The first kappa shape index (κ1) is 16.2. The fraction of sp³-hybridized carbons (Fsp3) is 0.650. The van der Waals surface area contributed by atoms with Gasteiger partial charge in [0.25, 0.3) is 0 Å². The summed E-state index contributed by atoms with van der Waals surface area (Å²) in [5, 5.41) is 0. The van der Waals surface area contributed by atoms with E-state index in [0.29, 0.717) is 12.1 Å². The Morgan fingerprint density at radius 1 is 1.00 bits per heavy atom. The van der Waals surface area contributed by atoms with Gasteiger partial charge in [-0.05, 0) is 45.4 Å². The van der Waals surface area contributed by atoms with Crippen LogP contribution in [0.4, 0.5) is 5.82 Å². The Morgan fingerprint density at radius 3 is 2.46 bits per heavy atom. The first-order chi connectivity index (χ1) is 12.8. The lowest BCUT2D eigenvalue weighted by atomic mass is 10.0. The third-order valence-corrected chi connectivity index (χ3v) is 6.00. The maximum absolute atomic E-state index is 4.62. The average Bonchev–Trinajstić information content (AvgIpc) is 3.57. The molecule has 2 aromatic heterocycles. The summed E-state index contributed by atoms with van der Waals surface area (Å²) >= 11 is 0. The van der Waals surface area contributed by atoms with Crippen LogP contribution < -0.4 is 4.90 Å². The second kappa shape index (κ2) is 6.65. The van der Waals surface area contributed by atoms with Gasteiger partial charge in [-0.1, -0.05) is 0 Å². The summed E-state index contributed by atoms with van der Waals surface area (Å²) in [5.74, 6) is 2.37. The molecule has 0 aromatic carbocycles. The molecular formula is C20H28N6. The van der Waals surface area contributed by atoms with Gasteiger partial charge in [-0.25, -0.2) is 15.0 Å². The number of imidazole rings is 1. The first-order valence-electron chi connectivity index (χ1n) is 10.1. The Hall–Kier alpha value is -1.95. The lowest BCUT2D eigenvalue weighted by Gasteiger charge is -2.39. The Balaban J connectivity index is 1.23. The molecule has 0 atom stereocenters. The summed E-state index contributed by atoms with van der Waals surface area (Å²) in [7, 11) is 0. The van der Waals surface area contributed by atoms with E-state index in [1.807, 2.05) is 6.20 Å². The van der Waals surface area contributed by atoms with Gasteiger partial charge >= 0.3 is 0 Å². The molecule has 0 spiro atoms. The van der Waals surface area contributed by atoms with Gasteiger partial charge in [-0.2, -0.15) is 0 Å². The predicted molar refractivity (Wildman–Crippen MR) is 101 cm³/mol. The molecule has 6 heteroatoms. The fourth-order valence-electron chi connectivity index (χ4n) is 4.31. The van der Waals surface area contributed by atoms with Gasteiger partial charge in [0, 0.05) is 55.4 Å². The number of aromatic nitrogens is 4. The van der Waals surface area contributed by atoms with E-state index in [-0.39, 0.29) is 0 Å². The Morgan fingerprint density at radius 2 is 1.77 bits per heavy atom. The highest BCUT2D eigenvalue weighted by Gasteiger charge is 2.36. The topological polar surface area (TPSA) is 50.1 Å². The highest BCUT2D eigenvalue weighted by Crippen LogP contribution is 2.37. The number of rotatable bonds is 6. The third kappa shape index (κ3) is 3.34. The molecule has 26 heavy (non-hydrogen) atoms. The van der Waals surface area contributed by atoms with Crippen molar-refractivity contribution in [2.75, 3.05) is 18.0 Å². The van der Waals surface area contributed by atoms with Crippen LogP contribution >= 0.6 is 0 Å². The summed E-state index contributed by atoms with van der Waals surface area (Å²) < 4.78 is 2.40. The largest absolute Gasteiger partial charge is 0.350 e. The van der Waals surface area contributed by atoms with Crippen molar-refractivity contribution in [2.24, 2.45) is 0 Å². The Bertz CT molecular complexity index is 755. The lowest BCUT2D eigenvalue weighted by Crippen LogP contribution is -2.46. The van der Waals surface area contributed by atoms with Gasteiger partial charge in [0.1, 0.15) is 18.0 Å². The van der Waals surface area contributed by atoms with Crippen LogP contribution in [0.1, 0.15) is 56.1 Å². The van der Waals surface area contributed by atoms with Crippen LogP contribution in [0.3, 0.4) is 0 Å². The zero-order valence-electron chi connectivity index (χ0n) is 15.6. The van der Waals surface area contributed by atoms with Crippen LogP contribution in [-0.2, 0) is 6.54 Å². The second-order valence-corrected chi connectivity index (χ2v) is 8.15. The van der Waals surface area contributed by atoms with Gasteiger partial charge in [0.15, 0.2) is 0 Å². The summed E-state index contributed by atoms with van der Waals surface area (Å²) in [6.07, 6.45) is 13.5. The van der Waals surface area contributed by atoms with Gasteiger partial charge in [0.05, 0.1) is 6.54 Å². The van der Waals surface area contributed by atoms with Crippen molar-refractivity contribution in [3.63, 3.8) is 0 Å². The monoisotopic (exact) mass is 352 g/mol. The fourth-order valence-corrected chi connectivity index (χ4v) is 4.31. The molecule has 3 heterocycles. The number of anilines is 1. The number of hydrogen-bond acceptors (Lipinski definition) is 5. The SMILES string of the molecule is Cc1cc(N(C2CC2)C2CCN(Cc3nccn3C3CC3)CC2)ncn1. The maximum Gasteiger partial charge on any atom is 0.132 e. The molecule has 0 bridgehead atoms. The highest BCUT2D eigenvalue weighted by molar-refractivity contribution is 5.43. The first-order valence-corrected chi connectivity index (χ1v) is 10.1. The molecule has 3 aliphatic rings. The Kier molecular flexibility index (Phi) is 4.15. The minimum absolute atomic E-state index is 0.608. The zero-order valence-corrected chi connectivity index (χ0v) is 15.6. The molecule has 5 rings (SSSR count). The summed E-state index contributed by atoms with van der Waals surface area (Å²) in [6, 6.07) is 4.17. The van der Waals surface area contributed by atoms with E-state index in [9.17, 15) is 0 Å². The van der Waals surface area contributed by atoms with Crippen LogP contribution in [0.25, 0.3) is 0 Å². The van der Waals surface area contributed by atoms with Gasteiger partial charge in [-0.3, -0.25) is 4.90 Å². The van der Waals surface area contributed by atoms with Crippen LogP contribution in [0, 0.1) is 6.92 Å². The molecule has 138 valence electrons. The number of nitrogens with zero attached hydrogens (tertiary/aromatic N) is 6. The van der Waals surface area contributed by atoms with Crippen LogP contribution in [0.2, 0.25) is 0 Å². The Labute approximate surface area is 155 Å². The van der Waals surface area contributed by atoms with E-state index >= 15 is 0 Å². The minimum atomic E-state index is 0.608. The van der Waals surface area contributed by atoms with Crippen molar-refractivity contribution in [2.45, 2.75) is 70.1 Å². The number of hydrogen-bond donors (Lipinski definition) is 0. The van der Waals surface area contributed by atoms with Crippen molar-refractivity contribution in [1.82, 2.24) is 24.4 Å². The zero-order chi connectivity index (χ0) is 17.5. The molecule has 6 nitrogen and oxygen atoms in total. The maximum atomic E-state index is 4.62. The van der Waals surface area contributed by atoms with Crippen molar-refractivity contribution in [3.8, 4) is 0 Å². The van der Waals surface area contributed by atoms with Crippen molar-refractivity contribution >= 4 is 5.82 Å². The standard InChI is InChI=1S/C20H28N6/c1-15-12-19(23-14-22-15)26(17-4-5-17)18-6-9-24(10-7-18)13-20-21-8-11-25(20)16-2-3-16/h8,11-12,14,16-18H,2-7,9-10,13H2,1H3. The summed E-state index contributed by atoms with van der Waals surface area (Å²) in [5.41, 5.74) is 1.06. The van der Waals surface area contributed by atoms with Crippen LogP contribution in [0.5, 0.6) is 0 Å². The lowest BCUT2D eigenvalue weighted by molar-refractivity contribution is 0.194. The third-order valence-electron chi connectivity index (χ3n) is 6.00. The molecule has 1 saturated heterocycles. The predicted octanol–water partition coefficient (Wildman–Crippen LogP) is 2.95. The molecule has 0 N–H and O–H groups in total. The van der Waals surface area contributed by atoms with E-state index in [1.54, 1.807) is 6.33 Å². The normalized spacial score (nSPS) is 21.9. The molecule has 3 fully saturated rings. The summed E-state index contributed by atoms with van der Waals surface area (Å²) in [6.45, 7) is 5.35.